The van der Waals surface area contributed by atoms with Crippen LogP contribution in [-0.2, 0) is 14.3 Å². The summed E-state index contributed by atoms with van der Waals surface area (Å²) < 4.78 is 12.0. The van der Waals surface area contributed by atoms with Gasteiger partial charge in [-0.25, -0.2) is 0 Å². The molecule has 1 aliphatic rings. The predicted molar refractivity (Wildman–Crippen MR) is 100 cm³/mol. The molecule has 0 radical (unpaired) electrons. The second kappa shape index (κ2) is 11.6. The standard InChI is InChI=1S/C21H36O3/c1-5-7-9-10-11-13-15-19-20(24-21(3,4)23-19)17-16-18(22)14-12-8-6-2/h6,16-17,19-20H,2,5,7-15H2,1,3-4H3/b17-16+/t19-,20-/m1/s1. The quantitative estimate of drug-likeness (QED) is 0.244. The molecule has 0 amide bonds. The van der Waals surface area contributed by atoms with Gasteiger partial charge in [-0.05, 0) is 45.3 Å². The first-order chi connectivity index (χ1) is 11.5. The Kier molecular flexibility index (Phi) is 10.2. The smallest absolute Gasteiger partial charge is 0.164 e. The third-order valence-electron chi connectivity index (χ3n) is 4.37. The molecule has 24 heavy (non-hydrogen) atoms. The molecule has 3 heteroatoms. The van der Waals surface area contributed by atoms with E-state index in [2.05, 4.69) is 13.5 Å². The number of ether oxygens (including phenoxy) is 2. The molecule has 0 N–H and O–H groups in total. The Morgan fingerprint density at radius 1 is 1.08 bits per heavy atom. The lowest BCUT2D eigenvalue weighted by atomic mass is 10.0. The number of carbonyl (C=O) groups excluding carboxylic acids is 1. The van der Waals surface area contributed by atoms with Crippen molar-refractivity contribution in [3.05, 3.63) is 24.8 Å². The normalized spacial score (nSPS) is 23.0. The molecule has 138 valence electrons. The zero-order valence-corrected chi connectivity index (χ0v) is 15.9. The largest absolute Gasteiger partial charge is 0.344 e. The fourth-order valence-electron chi connectivity index (χ4n) is 3.08. The van der Waals surface area contributed by atoms with Gasteiger partial charge in [-0.2, -0.15) is 0 Å². The number of ketones is 1. The molecule has 0 bridgehead atoms. The minimum absolute atomic E-state index is 0.0587. The zero-order valence-electron chi connectivity index (χ0n) is 15.9. The summed E-state index contributed by atoms with van der Waals surface area (Å²) in [6, 6.07) is 0. The van der Waals surface area contributed by atoms with Gasteiger partial charge in [0, 0.05) is 6.42 Å². The van der Waals surface area contributed by atoms with Crippen LogP contribution < -0.4 is 0 Å². The lowest BCUT2D eigenvalue weighted by Gasteiger charge is -2.16. The van der Waals surface area contributed by atoms with Crippen molar-refractivity contribution in [3.8, 4) is 0 Å². The minimum atomic E-state index is -0.562. The Morgan fingerprint density at radius 2 is 1.79 bits per heavy atom. The van der Waals surface area contributed by atoms with Crippen LogP contribution in [0.25, 0.3) is 0 Å². The van der Waals surface area contributed by atoms with E-state index in [0.717, 1.165) is 25.7 Å². The predicted octanol–water partition coefficient (Wildman–Crippen LogP) is 5.74. The summed E-state index contributed by atoms with van der Waals surface area (Å²) in [5.74, 6) is -0.406. The Morgan fingerprint density at radius 3 is 2.50 bits per heavy atom. The molecule has 1 rings (SSSR count). The summed E-state index contributed by atoms with van der Waals surface area (Å²) in [6.45, 7) is 9.81. The Labute approximate surface area is 148 Å². The third kappa shape index (κ3) is 8.79. The second-order valence-corrected chi connectivity index (χ2v) is 7.20. The van der Waals surface area contributed by atoms with Crippen LogP contribution >= 0.6 is 0 Å². The highest BCUT2D eigenvalue weighted by Gasteiger charge is 2.39. The minimum Gasteiger partial charge on any atom is -0.344 e. The van der Waals surface area contributed by atoms with E-state index < -0.39 is 5.79 Å². The van der Waals surface area contributed by atoms with Crippen LogP contribution in [0.4, 0.5) is 0 Å². The lowest BCUT2D eigenvalue weighted by molar-refractivity contribution is -0.143. The fourth-order valence-corrected chi connectivity index (χ4v) is 3.08. The molecule has 0 aromatic rings. The van der Waals surface area contributed by atoms with Gasteiger partial charge in [-0.15, -0.1) is 6.58 Å². The highest BCUT2D eigenvalue weighted by molar-refractivity contribution is 5.89. The summed E-state index contributed by atoms with van der Waals surface area (Å²) >= 11 is 0. The van der Waals surface area contributed by atoms with Gasteiger partial charge >= 0.3 is 0 Å². The van der Waals surface area contributed by atoms with Gasteiger partial charge in [0.05, 0.1) is 6.10 Å². The molecular formula is C21H36O3. The monoisotopic (exact) mass is 336 g/mol. The van der Waals surface area contributed by atoms with E-state index in [1.54, 1.807) is 6.08 Å². The van der Waals surface area contributed by atoms with Crippen molar-refractivity contribution in [1.82, 2.24) is 0 Å². The molecule has 1 heterocycles. The lowest BCUT2D eigenvalue weighted by Crippen LogP contribution is -2.21. The number of hydrogen-bond donors (Lipinski definition) is 0. The van der Waals surface area contributed by atoms with E-state index in [4.69, 9.17) is 9.47 Å². The summed E-state index contributed by atoms with van der Waals surface area (Å²) in [5, 5.41) is 0. The third-order valence-corrected chi connectivity index (χ3v) is 4.37. The summed E-state index contributed by atoms with van der Waals surface area (Å²) in [7, 11) is 0. The molecule has 3 nitrogen and oxygen atoms in total. The average molecular weight is 337 g/mol. The van der Waals surface area contributed by atoms with Crippen molar-refractivity contribution in [2.45, 2.75) is 103 Å². The number of hydrogen-bond acceptors (Lipinski definition) is 3. The van der Waals surface area contributed by atoms with Gasteiger partial charge in [0.25, 0.3) is 0 Å². The number of carbonyl (C=O) groups is 1. The van der Waals surface area contributed by atoms with Crippen molar-refractivity contribution in [1.29, 1.82) is 0 Å². The molecule has 2 atom stereocenters. The first-order valence-corrected chi connectivity index (χ1v) is 9.66. The molecule has 0 aromatic heterocycles. The van der Waals surface area contributed by atoms with Crippen molar-refractivity contribution in [3.63, 3.8) is 0 Å². The summed E-state index contributed by atoms with van der Waals surface area (Å²) in [5.41, 5.74) is 0. The molecule has 1 fully saturated rings. The Balaban J connectivity index is 2.38. The van der Waals surface area contributed by atoms with E-state index in [9.17, 15) is 4.79 Å². The van der Waals surface area contributed by atoms with E-state index >= 15 is 0 Å². The van der Waals surface area contributed by atoms with E-state index in [1.807, 2.05) is 26.0 Å². The Hall–Kier alpha value is -0.930. The zero-order chi connectivity index (χ0) is 17.8. The average Bonchev–Trinajstić information content (AvgIpc) is 2.83. The van der Waals surface area contributed by atoms with E-state index in [-0.39, 0.29) is 18.0 Å². The van der Waals surface area contributed by atoms with Gasteiger partial charge in [-0.3, -0.25) is 4.79 Å². The van der Waals surface area contributed by atoms with Crippen molar-refractivity contribution in [2.75, 3.05) is 0 Å². The molecular weight excluding hydrogens is 300 g/mol. The molecule has 0 spiro atoms. The molecule has 1 saturated heterocycles. The van der Waals surface area contributed by atoms with Crippen molar-refractivity contribution >= 4 is 5.78 Å². The van der Waals surface area contributed by atoms with Gasteiger partial charge in [0.15, 0.2) is 11.6 Å². The maximum absolute atomic E-state index is 11.9. The van der Waals surface area contributed by atoms with Gasteiger partial charge in [0.2, 0.25) is 0 Å². The summed E-state index contributed by atoms with van der Waals surface area (Å²) in [4.78, 5) is 11.9. The van der Waals surface area contributed by atoms with Crippen LogP contribution in [0.5, 0.6) is 0 Å². The summed E-state index contributed by atoms with van der Waals surface area (Å²) in [6.07, 6.45) is 16.3. The van der Waals surface area contributed by atoms with Crippen LogP contribution in [0.1, 0.15) is 85.0 Å². The fraction of sp³-hybridized carbons (Fsp3) is 0.762. The number of rotatable bonds is 13. The van der Waals surface area contributed by atoms with Crippen LogP contribution in [0.2, 0.25) is 0 Å². The molecule has 0 aromatic carbocycles. The highest BCUT2D eigenvalue weighted by atomic mass is 16.7. The molecule has 1 aliphatic heterocycles. The number of allylic oxidation sites excluding steroid dienone is 2. The van der Waals surface area contributed by atoms with Crippen LogP contribution in [-0.4, -0.2) is 23.8 Å². The van der Waals surface area contributed by atoms with Crippen LogP contribution in [0.15, 0.2) is 24.8 Å². The topological polar surface area (TPSA) is 35.5 Å². The first-order valence-electron chi connectivity index (χ1n) is 9.66. The maximum atomic E-state index is 11.9. The maximum Gasteiger partial charge on any atom is 0.164 e. The van der Waals surface area contributed by atoms with Crippen LogP contribution in [0, 0.1) is 0 Å². The molecule has 0 unspecified atom stereocenters. The number of unbranched alkanes of at least 4 members (excludes halogenated alkanes) is 6. The van der Waals surface area contributed by atoms with Crippen LogP contribution in [0.3, 0.4) is 0 Å². The highest BCUT2D eigenvalue weighted by Crippen LogP contribution is 2.31. The van der Waals surface area contributed by atoms with Crippen molar-refractivity contribution in [2.24, 2.45) is 0 Å². The van der Waals surface area contributed by atoms with E-state index in [1.165, 1.54) is 32.1 Å². The second-order valence-electron chi connectivity index (χ2n) is 7.20. The Bertz CT molecular complexity index is 398. The van der Waals surface area contributed by atoms with Gasteiger partial charge < -0.3 is 9.47 Å². The SMILES string of the molecule is C=CCCCC(=O)/C=C/[C@H]1OC(C)(C)O[C@@H]1CCCCCCCC. The van der Waals surface area contributed by atoms with Gasteiger partial charge in [-0.1, -0.05) is 51.5 Å². The van der Waals surface area contributed by atoms with Gasteiger partial charge in [0.1, 0.15) is 6.10 Å². The molecule has 0 saturated carbocycles. The first kappa shape index (κ1) is 21.1. The molecule has 0 aliphatic carbocycles. The van der Waals surface area contributed by atoms with E-state index in [0.29, 0.717) is 6.42 Å². The van der Waals surface area contributed by atoms with Crippen molar-refractivity contribution < 1.29 is 14.3 Å².